The Kier molecular flexibility index (Phi) is 6.60. The lowest BCUT2D eigenvalue weighted by molar-refractivity contribution is 0.381. The standard InChI is InChI=1S/C22H26ClN3O2/c1-14-9-11-25-21-18(26-15(2)6-5-10-24)13-19(27-3)22(20(14)21)28-17-8-4-7-16(23)12-17/h4,7-9,11-13,15,26H,5-6,10,24H2,1-3H3. The molecule has 148 valence electrons. The first-order valence-corrected chi connectivity index (χ1v) is 9.77. The summed E-state index contributed by atoms with van der Waals surface area (Å²) in [4.78, 5) is 4.62. The maximum Gasteiger partial charge on any atom is 0.179 e. The average molecular weight is 400 g/mol. The molecule has 0 aliphatic heterocycles. The van der Waals surface area contributed by atoms with E-state index in [0.717, 1.165) is 35.0 Å². The number of nitrogens with one attached hydrogen (secondary N) is 1. The van der Waals surface area contributed by atoms with Crippen LogP contribution in [0.15, 0.2) is 42.6 Å². The topological polar surface area (TPSA) is 69.4 Å². The molecule has 0 spiro atoms. The Morgan fingerprint density at radius 1 is 1.25 bits per heavy atom. The van der Waals surface area contributed by atoms with Gasteiger partial charge in [-0.1, -0.05) is 17.7 Å². The van der Waals surface area contributed by atoms with Crippen LogP contribution in [0.4, 0.5) is 5.69 Å². The number of nitrogens with zero attached hydrogens (tertiary/aromatic N) is 1. The smallest absolute Gasteiger partial charge is 0.179 e. The summed E-state index contributed by atoms with van der Waals surface area (Å²) in [7, 11) is 1.64. The van der Waals surface area contributed by atoms with E-state index in [1.165, 1.54) is 0 Å². The predicted molar refractivity (Wildman–Crippen MR) is 116 cm³/mol. The van der Waals surface area contributed by atoms with Crippen molar-refractivity contribution < 1.29 is 9.47 Å². The molecule has 2 aromatic carbocycles. The molecule has 3 aromatic rings. The molecule has 6 heteroatoms. The van der Waals surface area contributed by atoms with Gasteiger partial charge in [0.1, 0.15) is 5.75 Å². The van der Waals surface area contributed by atoms with Gasteiger partial charge in [-0.3, -0.25) is 4.98 Å². The lowest BCUT2D eigenvalue weighted by Crippen LogP contribution is -2.17. The lowest BCUT2D eigenvalue weighted by Gasteiger charge is -2.20. The SMILES string of the molecule is COc1cc(NC(C)CCCN)c2nccc(C)c2c1Oc1cccc(Cl)c1. The first-order chi connectivity index (χ1) is 13.5. The molecule has 0 fully saturated rings. The molecular formula is C22H26ClN3O2. The van der Waals surface area contributed by atoms with Crippen molar-refractivity contribution in [3.63, 3.8) is 0 Å². The second-order valence-corrected chi connectivity index (χ2v) is 7.28. The quantitative estimate of drug-likeness (QED) is 0.520. The number of aryl methyl sites for hydroxylation is 1. The normalized spacial score (nSPS) is 12.0. The van der Waals surface area contributed by atoms with Crippen molar-refractivity contribution in [1.82, 2.24) is 4.98 Å². The number of nitrogens with two attached hydrogens (primary N) is 1. The van der Waals surface area contributed by atoms with Crippen molar-refractivity contribution in [2.24, 2.45) is 5.73 Å². The van der Waals surface area contributed by atoms with Crippen molar-refractivity contribution in [3.8, 4) is 17.2 Å². The van der Waals surface area contributed by atoms with Crippen LogP contribution in [0.25, 0.3) is 10.9 Å². The molecule has 0 saturated carbocycles. The molecule has 0 radical (unpaired) electrons. The number of ether oxygens (including phenoxy) is 2. The molecule has 0 bridgehead atoms. The largest absolute Gasteiger partial charge is 0.493 e. The second-order valence-electron chi connectivity index (χ2n) is 6.84. The number of fused-ring (bicyclic) bond motifs is 1. The Morgan fingerprint density at radius 2 is 2.07 bits per heavy atom. The van der Waals surface area contributed by atoms with Gasteiger partial charge in [0.15, 0.2) is 11.5 Å². The minimum Gasteiger partial charge on any atom is -0.493 e. The third-order valence-corrected chi connectivity index (χ3v) is 4.85. The van der Waals surface area contributed by atoms with E-state index in [-0.39, 0.29) is 6.04 Å². The summed E-state index contributed by atoms with van der Waals surface area (Å²) in [5.41, 5.74) is 8.46. The van der Waals surface area contributed by atoms with Crippen molar-refractivity contribution in [2.75, 3.05) is 19.0 Å². The molecule has 0 aliphatic rings. The van der Waals surface area contributed by atoms with E-state index in [2.05, 4.69) is 17.2 Å². The highest BCUT2D eigenvalue weighted by molar-refractivity contribution is 6.30. The molecule has 3 N–H and O–H groups in total. The van der Waals surface area contributed by atoms with Gasteiger partial charge in [0, 0.05) is 23.3 Å². The highest BCUT2D eigenvalue weighted by atomic mass is 35.5. The molecule has 0 amide bonds. The molecule has 1 aromatic heterocycles. The van der Waals surface area contributed by atoms with Gasteiger partial charge in [-0.25, -0.2) is 0 Å². The number of aromatic nitrogens is 1. The van der Waals surface area contributed by atoms with E-state index in [1.807, 2.05) is 43.5 Å². The molecular weight excluding hydrogens is 374 g/mol. The van der Waals surface area contributed by atoms with Crippen LogP contribution in [0.1, 0.15) is 25.3 Å². The molecule has 1 heterocycles. The van der Waals surface area contributed by atoms with Crippen LogP contribution < -0.4 is 20.5 Å². The second kappa shape index (κ2) is 9.13. The first kappa shape index (κ1) is 20.2. The summed E-state index contributed by atoms with van der Waals surface area (Å²) < 4.78 is 11.9. The monoisotopic (exact) mass is 399 g/mol. The first-order valence-electron chi connectivity index (χ1n) is 9.39. The van der Waals surface area contributed by atoms with Gasteiger partial charge in [0.2, 0.25) is 0 Å². The maximum absolute atomic E-state index is 6.21. The van der Waals surface area contributed by atoms with Crippen LogP contribution in [-0.4, -0.2) is 24.7 Å². The van der Waals surface area contributed by atoms with E-state index >= 15 is 0 Å². The lowest BCUT2D eigenvalue weighted by atomic mass is 10.1. The average Bonchev–Trinajstić information content (AvgIpc) is 2.68. The highest BCUT2D eigenvalue weighted by Gasteiger charge is 2.19. The summed E-state index contributed by atoms with van der Waals surface area (Å²) >= 11 is 6.12. The molecule has 1 atom stereocenters. The number of pyridine rings is 1. The zero-order chi connectivity index (χ0) is 20.1. The Hall–Kier alpha value is -2.50. The fourth-order valence-corrected chi connectivity index (χ4v) is 3.39. The van der Waals surface area contributed by atoms with Gasteiger partial charge in [-0.15, -0.1) is 0 Å². The summed E-state index contributed by atoms with van der Waals surface area (Å²) in [6, 6.07) is 11.5. The van der Waals surface area contributed by atoms with Gasteiger partial charge in [0.25, 0.3) is 0 Å². The fraction of sp³-hybridized carbons (Fsp3) is 0.318. The zero-order valence-electron chi connectivity index (χ0n) is 16.5. The third kappa shape index (κ3) is 4.49. The van der Waals surface area contributed by atoms with E-state index < -0.39 is 0 Å². The summed E-state index contributed by atoms with van der Waals surface area (Å²) in [6.07, 6.45) is 3.75. The molecule has 3 rings (SSSR count). The van der Waals surface area contributed by atoms with Crippen LogP contribution >= 0.6 is 11.6 Å². The zero-order valence-corrected chi connectivity index (χ0v) is 17.2. The Bertz CT molecular complexity index is 962. The fourth-order valence-electron chi connectivity index (χ4n) is 3.21. The van der Waals surface area contributed by atoms with Crippen molar-refractivity contribution in [3.05, 3.63) is 53.2 Å². The van der Waals surface area contributed by atoms with Crippen molar-refractivity contribution >= 4 is 28.2 Å². The summed E-state index contributed by atoms with van der Waals surface area (Å²) in [5.74, 6) is 1.91. The van der Waals surface area contributed by atoms with E-state index in [0.29, 0.717) is 28.8 Å². The number of hydrogen-bond donors (Lipinski definition) is 2. The highest BCUT2D eigenvalue weighted by Crippen LogP contribution is 2.43. The Labute approximate surface area is 170 Å². The van der Waals surface area contributed by atoms with E-state index in [9.17, 15) is 0 Å². The van der Waals surface area contributed by atoms with Crippen LogP contribution in [-0.2, 0) is 0 Å². The van der Waals surface area contributed by atoms with E-state index in [1.54, 1.807) is 13.2 Å². The molecule has 0 aliphatic carbocycles. The van der Waals surface area contributed by atoms with Crippen LogP contribution in [0.3, 0.4) is 0 Å². The predicted octanol–water partition coefficient (Wildman–Crippen LogP) is 5.54. The van der Waals surface area contributed by atoms with Gasteiger partial charge >= 0.3 is 0 Å². The minimum absolute atomic E-state index is 0.262. The Morgan fingerprint density at radius 3 is 2.79 bits per heavy atom. The number of hydrogen-bond acceptors (Lipinski definition) is 5. The van der Waals surface area contributed by atoms with Gasteiger partial charge in [-0.05, 0) is 63.1 Å². The van der Waals surface area contributed by atoms with Crippen molar-refractivity contribution in [2.45, 2.75) is 32.7 Å². The van der Waals surface area contributed by atoms with Gasteiger partial charge < -0.3 is 20.5 Å². The molecule has 28 heavy (non-hydrogen) atoms. The van der Waals surface area contributed by atoms with Crippen molar-refractivity contribution in [1.29, 1.82) is 0 Å². The van der Waals surface area contributed by atoms with Crippen LogP contribution in [0.5, 0.6) is 17.2 Å². The van der Waals surface area contributed by atoms with Crippen LogP contribution in [0, 0.1) is 6.92 Å². The molecule has 1 unspecified atom stereocenters. The van der Waals surface area contributed by atoms with Crippen LogP contribution in [0.2, 0.25) is 5.02 Å². The number of halogens is 1. The van der Waals surface area contributed by atoms with Gasteiger partial charge in [0.05, 0.1) is 23.7 Å². The summed E-state index contributed by atoms with van der Waals surface area (Å²) in [5, 5.41) is 5.07. The number of benzene rings is 2. The summed E-state index contributed by atoms with van der Waals surface area (Å²) in [6.45, 7) is 4.86. The third-order valence-electron chi connectivity index (χ3n) is 4.62. The molecule has 0 saturated heterocycles. The molecule has 5 nitrogen and oxygen atoms in total. The van der Waals surface area contributed by atoms with E-state index in [4.69, 9.17) is 26.8 Å². The number of methoxy groups -OCH3 is 1. The van der Waals surface area contributed by atoms with Gasteiger partial charge in [-0.2, -0.15) is 0 Å². The Balaban J connectivity index is 2.10. The minimum atomic E-state index is 0.262. The number of anilines is 1. The maximum atomic E-state index is 6.21. The number of rotatable bonds is 8.